The number of methoxy groups -OCH3 is 1. The summed E-state index contributed by atoms with van der Waals surface area (Å²) in [6.45, 7) is 2.84. The molecule has 0 fully saturated rings. The summed E-state index contributed by atoms with van der Waals surface area (Å²) in [6.07, 6.45) is 1.08. The average Bonchev–Trinajstić information content (AvgIpc) is 3.21. The van der Waals surface area contributed by atoms with Crippen molar-refractivity contribution in [2.24, 2.45) is 0 Å². The summed E-state index contributed by atoms with van der Waals surface area (Å²) in [6, 6.07) is 13.8. The van der Waals surface area contributed by atoms with Gasteiger partial charge in [-0.25, -0.2) is 9.78 Å². The van der Waals surface area contributed by atoms with Crippen LogP contribution in [-0.2, 0) is 23.1 Å². The molecule has 2 heterocycles. The number of rotatable bonds is 3. The van der Waals surface area contributed by atoms with Crippen molar-refractivity contribution in [3.8, 4) is 11.8 Å². The molecule has 5 rings (SSSR count). The number of furan rings is 1. The smallest absolute Gasteiger partial charge is 0.330 e. The quantitative estimate of drug-likeness (QED) is 0.478. The Balaban J connectivity index is 1.75. The lowest BCUT2D eigenvalue weighted by atomic mass is 9.68. The molecule has 1 atom stereocenters. The van der Waals surface area contributed by atoms with Crippen LogP contribution >= 0.6 is 0 Å². The van der Waals surface area contributed by atoms with Crippen molar-refractivity contribution in [2.75, 3.05) is 7.11 Å². The van der Waals surface area contributed by atoms with Gasteiger partial charge in [0.15, 0.2) is 11.3 Å². The Morgan fingerprint density at radius 3 is 2.79 bits per heavy atom. The predicted molar refractivity (Wildman–Crippen MR) is 120 cm³/mol. The molecular weight excluding hydrogens is 422 g/mol. The van der Waals surface area contributed by atoms with Gasteiger partial charge in [-0.15, -0.1) is 4.73 Å². The van der Waals surface area contributed by atoms with Crippen molar-refractivity contribution in [1.29, 1.82) is 5.26 Å². The van der Waals surface area contributed by atoms with E-state index in [1.54, 1.807) is 20.1 Å². The zero-order chi connectivity index (χ0) is 23.3. The molecule has 8 nitrogen and oxygen atoms in total. The van der Waals surface area contributed by atoms with Crippen molar-refractivity contribution in [1.82, 2.24) is 9.71 Å². The number of aryl methyl sites for hydroxylation is 2. The summed E-state index contributed by atoms with van der Waals surface area (Å²) >= 11 is 0. The molecule has 8 heteroatoms. The van der Waals surface area contributed by atoms with E-state index in [2.05, 4.69) is 11.1 Å². The van der Waals surface area contributed by atoms with Crippen molar-refractivity contribution in [3.05, 3.63) is 69.4 Å². The Bertz CT molecular complexity index is 1540. The number of benzene rings is 2. The van der Waals surface area contributed by atoms with Crippen LogP contribution in [0.2, 0.25) is 0 Å². The Kier molecular flexibility index (Phi) is 4.71. The highest BCUT2D eigenvalue weighted by Crippen LogP contribution is 2.45. The highest BCUT2D eigenvalue weighted by Gasteiger charge is 2.41. The fourth-order valence-electron chi connectivity index (χ4n) is 4.79. The Hall–Kier alpha value is -4.12. The number of aromatic nitrogens is 2. The fourth-order valence-corrected chi connectivity index (χ4v) is 4.79. The van der Waals surface area contributed by atoms with E-state index in [1.807, 2.05) is 30.3 Å². The van der Waals surface area contributed by atoms with Gasteiger partial charge in [-0.1, -0.05) is 24.3 Å². The number of hydrogen-bond donors (Lipinski definition) is 0. The van der Waals surface area contributed by atoms with Gasteiger partial charge in [0.05, 0.1) is 24.3 Å². The summed E-state index contributed by atoms with van der Waals surface area (Å²) in [4.78, 5) is 34.3. The largest absolute Gasteiger partial charge is 0.493 e. The van der Waals surface area contributed by atoms with E-state index in [1.165, 1.54) is 6.92 Å². The molecule has 2 aromatic heterocycles. The lowest BCUT2D eigenvalue weighted by molar-refractivity contribution is -0.142. The zero-order valence-electron chi connectivity index (χ0n) is 18.5. The normalized spacial score (nSPS) is 17.5. The first-order valence-corrected chi connectivity index (χ1v) is 10.6. The number of carbonyl (C=O) groups is 1. The molecule has 0 aliphatic heterocycles. The lowest BCUT2D eigenvalue weighted by Gasteiger charge is -2.32. The number of nitriles is 1. The Morgan fingerprint density at radius 1 is 1.27 bits per heavy atom. The van der Waals surface area contributed by atoms with Crippen molar-refractivity contribution in [3.63, 3.8) is 0 Å². The second-order valence-corrected chi connectivity index (χ2v) is 8.26. The van der Waals surface area contributed by atoms with Crippen LogP contribution in [-0.4, -0.2) is 22.8 Å². The van der Waals surface area contributed by atoms with Gasteiger partial charge < -0.3 is 14.0 Å². The molecule has 1 aliphatic rings. The van der Waals surface area contributed by atoms with Crippen LogP contribution in [0.3, 0.4) is 0 Å². The van der Waals surface area contributed by atoms with Gasteiger partial charge in [-0.05, 0) is 37.5 Å². The molecule has 0 amide bonds. The second kappa shape index (κ2) is 7.48. The van der Waals surface area contributed by atoms with Gasteiger partial charge in [-0.2, -0.15) is 5.26 Å². The van der Waals surface area contributed by atoms with Crippen LogP contribution in [0, 0.1) is 18.3 Å². The highest BCUT2D eigenvalue weighted by molar-refractivity contribution is 6.09. The van der Waals surface area contributed by atoms with Crippen molar-refractivity contribution < 1.29 is 18.8 Å². The molecule has 33 heavy (non-hydrogen) atoms. The number of hydrogen-bond acceptors (Lipinski definition) is 7. The molecular formula is C25H21N3O5. The van der Waals surface area contributed by atoms with E-state index in [4.69, 9.17) is 14.0 Å². The van der Waals surface area contributed by atoms with E-state index < -0.39 is 16.9 Å². The topological polar surface area (TPSA) is 107 Å². The van der Waals surface area contributed by atoms with Crippen LogP contribution in [0.5, 0.6) is 5.75 Å². The van der Waals surface area contributed by atoms with Crippen LogP contribution in [0.1, 0.15) is 36.0 Å². The van der Waals surface area contributed by atoms with E-state index in [0.29, 0.717) is 46.8 Å². The van der Waals surface area contributed by atoms with Gasteiger partial charge in [0, 0.05) is 29.7 Å². The fraction of sp³-hybridized carbons (Fsp3) is 0.280. The summed E-state index contributed by atoms with van der Waals surface area (Å²) < 4.78 is 12.5. The zero-order valence-corrected chi connectivity index (χ0v) is 18.5. The summed E-state index contributed by atoms with van der Waals surface area (Å²) in [5, 5.41) is 12.1. The van der Waals surface area contributed by atoms with E-state index in [0.717, 1.165) is 21.1 Å². The number of carbonyl (C=O) groups excluding carboxylic acids is 1. The minimum absolute atomic E-state index is 0.146. The van der Waals surface area contributed by atoms with Crippen LogP contribution in [0.25, 0.3) is 21.9 Å². The molecule has 0 bridgehead atoms. The van der Waals surface area contributed by atoms with Crippen LogP contribution < -0.4 is 15.1 Å². The number of ether oxygens (including phenoxy) is 1. The van der Waals surface area contributed by atoms with E-state index in [9.17, 15) is 14.9 Å². The molecule has 2 aromatic carbocycles. The SMILES string of the molecule is COc1ccc(C2(C#N)CCc3nc(C)n(OC(C)=O)c(=O)c3C2)c2c1oc1ccccc12. The minimum atomic E-state index is -0.992. The number of fused-ring (bicyclic) bond motifs is 4. The maximum atomic E-state index is 13.2. The maximum absolute atomic E-state index is 13.2. The second-order valence-electron chi connectivity index (χ2n) is 8.26. The standard InChI is InChI=1S/C25H21N3O5/c1-14-27-19-10-11-25(13-26,12-17(19)24(30)28(14)33-15(2)29)18-8-9-21(31-3)23-22(18)16-6-4-5-7-20(16)32-23/h4-9H,10-12H2,1-3H3. The number of nitrogens with zero attached hydrogens (tertiary/aromatic N) is 3. The van der Waals surface area contributed by atoms with Gasteiger partial charge in [0.2, 0.25) is 0 Å². The van der Waals surface area contributed by atoms with Gasteiger partial charge in [0.25, 0.3) is 5.56 Å². The monoisotopic (exact) mass is 443 g/mol. The average molecular weight is 443 g/mol. The first-order chi connectivity index (χ1) is 15.9. The molecule has 166 valence electrons. The molecule has 4 aromatic rings. The third-order valence-corrected chi connectivity index (χ3v) is 6.31. The van der Waals surface area contributed by atoms with Gasteiger partial charge >= 0.3 is 5.97 Å². The summed E-state index contributed by atoms with van der Waals surface area (Å²) in [5.74, 6) is 0.251. The van der Waals surface area contributed by atoms with Crippen molar-refractivity contribution in [2.45, 2.75) is 38.5 Å². The van der Waals surface area contributed by atoms with Gasteiger partial charge in [0.1, 0.15) is 11.4 Å². The first kappa shape index (κ1) is 20.8. The molecule has 0 N–H and O–H groups in total. The van der Waals surface area contributed by atoms with E-state index >= 15 is 0 Å². The first-order valence-electron chi connectivity index (χ1n) is 10.6. The Labute approximate surface area is 188 Å². The molecule has 1 aliphatic carbocycles. The molecule has 0 radical (unpaired) electrons. The maximum Gasteiger partial charge on any atom is 0.330 e. The van der Waals surface area contributed by atoms with Crippen LogP contribution in [0.4, 0.5) is 0 Å². The minimum Gasteiger partial charge on any atom is -0.493 e. The third-order valence-electron chi connectivity index (χ3n) is 6.31. The molecule has 0 saturated carbocycles. The molecule has 0 spiro atoms. The molecule has 0 saturated heterocycles. The summed E-state index contributed by atoms with van der Waals surface area (Å²) in [5.41, 5.74) is 1.59. The highest BCUT2D eigenvalue weighted by atomic mass is 16.7. The molecule has 1 unspecified atom stereocenters. The Morgan fingerprint density at radius 2 is 2.06 bits per heavy atom. The number of para-hydroxylation sites is 1. The van der Waals surface area contributed by atoms with Gasteiger partial charge in [-0.3, -0.25) is 4.79 Å². The lowest BCUT2D eigenvalue weighted by Crippen LogP contribution is -2.41. The van der Waals surface area contributed by atoms with Crippen LogP contribution in [0.15, 0.2) is 45.6 Å². The van der Waals surface area contributed by atoms with Crippen molar-refractivity contribution >= 4 is 27.9 Å². The summed E-state index contributed by atoms with van der Waals surface area (Å²) in [7, 11) is 1.57. The van der Waals surface area contributed by atoms with E-state index in [-0.39, 0.29) is 6.42 Å². The predicted octanol–water partition coefficient (Wildman–Crippen LogP) is 3.39. The third kappa shape index (κ3) is 3.08.